The maximum Gasteiger partial charge on any atom is 0.278 e. The van der Waals surface area contributed by atoms with Crippen LogP contribution in [-0.4, -0.2) is 23.5 Å². The largest absolute Gasteiger partial charge is 0.464 e. The third kappa shape index (κ3) is 1.98. The van der Waals surface area contributed by atoms with Crippen LogP contribution in [0.1, 0.15) is 19.3 Å². The molecule has 0 aliphatic heterocycles. The summed E-state index contributed by atoms with van der Waals surface area (Å²) in [7, 11) is 0. The Morgan fingerprint density at radius 2 is 1.65 bits per heavy atom. The highest BCUT2D eigenvalue weighted by atomic mass is 16.5. The summed E-state index contributed by atoms with van der Waals surface area (Å²) in [5, 5.41) is 0. The second-order valence-corrected chi connectivity index (χ2v) is 3.97. The molecule has 0 spiro atoms. The van der Waals surface area contributed by atoms with Gasteiger partial charge in [-0.05, 0) is 18.6 Å². The molecule has 1 aromatic carbocycles. The maximum atomic E-state index is 11.8. The van der Waals surface area contributed by atoms with Gasteiger partial charge in [0.2, 0.25) is 0 Å². The fourth-order valence-electron chi connectivity index (χ4n) is 1.88. The van der Waals surface area contributed by atoms with E-state index in [9.17, 15) is 14.4 Å². The molecule has 1 saturated carbocycles. The summed E-state index contributed by atoms with van der Waals surface area (Å²) in [4.78, 5) is 34.7. The summed E-state index contributed by atoms with van der Waals surface area (Å²) in [6.07, 6.45) is 1.23. The topological polar surface area (TPSA) is 60.4 Å². The van der Waals surface area contributed by atoms with E-state index < -0.39 is 17.2 Å². The first kappa shape index (κ1) is 11.5. The predicted octanol–water partition coefficient (Wildman–Crippen LogP) is 1.33. The highest BCUT2D eigenvalue weighted by Crippen LogP contribution is 2.26. The third-order valence-electron chi connectivity index (χ3n) is 2.82. The number of benzene rings is 1. The van der Waals surface area contributed by atoms with E-state index in [1.165, 1.54) is 0 Å². The molecular weight excluding hydrogens is 220 g/mol. The molecule has 88 valence electrons. The first-order chi connectivity index (χ1) is 8.19. The minimum absolute atomic E-state index is 0.206. The summed E-state index contributed by atoms with van der Waals surface area (Å²) < 4.78 is 5.35. The second kappa shape index (κ2) is 4.49. The zero-order valence-corrected chi connectivity index (χ0v) is 9.22. The van der Waals surface area contributed by atoms with Crippen molar-refractivity contribution in [2.24, 2.45) is 0 Å². The Labute approximate surface area is 98.6 Å². The molecule has 2 rings (SSSR count). The quantitative estimate of drug-likeness (QED) is 0.582. The van der Waals surface area contributed by atoms with Crippen molar-refractivity contribution in [2.75, 3.05) is 0 Å². The van der Waals surface area contributed by atoms with E-state index in [-0.39, 0.29) is 12.8 Å². The SMILES string of the molecule is O=CC1(Oc2ccccc2)C(=O)CCCC1=O. The van der Waals surface area contributed by atoms with E-state index >= 15 is 0 Å². The number of para-hydroxylation sites is 1. The molecule has 4 heteroatoms. The zero-order valence-electron chi connectivity index (χ0n) is 9.22. The van der Waals surface area contributed by atoms with Crippen LogP contribution in [0.5, 0.6) is 5.75 Å². The van der Waals surface area contributed by atoms with Crippen molar-refractivity contribution in [1.29, 1.82) is 0 Å². The monoisotopic (exact) mass is 232 g/mol. The van der Waals surface area contributed by atoms with Crippen LogP contribution in [-0.2, 0) is 14.4 Å². The molecule has 0 aromatic heterocycles. The molecule has 0 saturated heterocycles. The molecule has 0 heterocycles. The second-order valence-electron chi connectivity index (χ2n) is 3.97. The number of carbonyl (C=O) groups is 3. The highest BCUT2D eigenvalue weighted by molar-refractivity contribution is 6.24. The summed E-state index contributed by atoms with van der Waals surface area (Å²) >= 11 is 0. The fraction of sp³-hybridized carbons (Fsp3) is 0.308. The van der Waals surface area contributed by atoms with E-state index in [1.807, 2.05) is 0 Å². The molecule has 0 radical (unpaired) electrons. The Balaban J connectivity index is 2.33. The smallest absolute Gasteiger partial charge is 0.278 e. The molecule has 1 aromatic rings. The van der Waals surface area contributed by atoms with E-state index in [4.69, 9.17) is 4.74 Å². The molecular formula is C13H12O4. The van der Waals surface area contributed by atoms with Crippen LogP contribution in [0.2, 0.25) is 0 Å². The van der Waals surface area contributed by atoms with Crippen molar-refractivity contribution >= 4 is 17.9 Å². The van der Waals surface area contributed by atoms with Crippen molar-refractivity contribution < 1.29 is 19.1 Å². The Kier molecular flexibility index (Phi) is 3.04. The first-order valence-electron chi connectivity index (χ1n) is 5.46. The minimum atomic E-state index is -1.92. The molecule has 0 unspecified atom stereocenters. The minimum Gasteiger partial charge on any atom is -0.464 e. The van der Waals surface area contributed by atoms with Gasteiger partial charge in [0.05, 0.1) is 0 Å². The molecule has 1 aliphatic rings. The van der Waals surface area contributed by atoms with E-state index in [2.05, 4.69) is 0 Å². The standard InChI is InChI=1S/C13H12O4/c14-9-13(11(15)7-4-8-12(13)16)17-10-5-2-1-3-6-10/h1-3,5-6,9H,4,7-8H2. The Morgan fingerprint density at radius 1 is 1.06 bits per heavy atom. The molecule has 0 atom stereocenters. The number of rotatable bonds is 3. The van der Waals surface area contributed by atoms with Crippen molar-refractivity contribution in [3.05, 3.63) is 30.3 Å². The maximum absolute atomic E-state index is 11.8. The van der Waals surface area contributed by atoms with Crippen LogP contribution in [0.15, 0.2) is 30.3 Å². The van der Waals surface area contributed by atoms with Crippen LogP contribution in [0.4, 0.5) is 0 Å². The number of ketones is 2. The lowest BCUT2D eigenvalue weighted by molar-refractivity contribution is -0.153. The van der Waals surface area contributed by atoms with Crippen molar-refractivity contribution in [3.8, 4) is 5.75 Å². The lowest BCUT2D eigenvalue weighted by Crippen LogP contribution is -2.55. The molecule has 1 fully saturated rings. The van der Waals surface area contributed by atoms with Gasteiger partial charge in [0.1, 0.15) is 5.75 Å². The molecule has 17 heavy (non-hydrogen) atoms. The molecule has 0 bridgehead atoms. The molecule has 0 N–H and O–H groups in total. The van der Waals surface area contributed by atoms with Crippen LogP contribution >= 0.6 is 0 Å². The fourth-order valence-corrected chi connectivity index (χ4v) is 1.88. The first-order valence-corrected chi connectivity index (χ1v) is 5.46. The summed E-state index contributed by atoms with van der Waals surface area (Å²) in [5.74, 6) is -0.552. The number of aldehydes is 1. The summed E-state index contributed by atoms with van der Waals surface area (Å²) in [6.45, 7) is 0. The van der Waals surface area contributed by atoms with Crippen LogP contribution in [0.3, 0.4) is 0 Å². The van der Waals surface area contributed by atoms with Gasteiger partial charge in [-0.15, -0.1) is 0 Å². The Bertz CT molecular complexity index is 434. The van der Waals surface area contributed by atoms with Crippen molar-refractivity contribution in [3.63, 3.8) is 0 Å². The predicted molar refractivity (Wildman–Crippen MR) is 59.7 cm³/mol. The number of carbonyl (C=O) groups excluding carboxylic acids is 3. The normalized spacial score (nSPS) is 18.8. The number of ether oxygens (including phenoxy) is 1. The van der Waals surface area contributed by atoms with Crippen molar-refractivity contribution in [2.45, 2.75) is 24.9 Å². The lowest BCUT2D eigenvalue weighted by Gasteiger charge is -2.29. The molecule has 0 amide bonds. The molecule has 4 nitrogen and oxygen atoms in total. The van der Waals surface area contributed by atoms with Gasteiger partial charge in [-0.25, -0.2) is 0 Å². The average molecular weight is 232 g/mol. The number of hydrogen-bond donors (Lipinski definition) is 0. The van der Waals surface area contributed by atoms with Gasteiger partial charge in [0.25, 0.3) is 5.60 Å². The van der Waals surface area contributed by atoms with E-state index in [0.29, 0.717) is 18.5 Å². The number of hydrogen-bond acceptors (Lipinski definition) is 4. The van der Waals surface area contributed by atoms with Gasteiger partial charge in [-0.3, -0.25) is 14.4 Å². The summed E-state index contributed by atoms with van der Waals surface area (Å²) in [5.41, 5.74) is -1.92. The summed E-state index contributed by atoms with van der Waals surface area (Å²) in [6, 6.07) is 8.43. The van der Waals surface area contributed by atoms with E-state index in [0.717, 1.165) is 0 Å². The van der Waals surface area contributed by atoms with Gasteiger partial charge < -0.3 is 4.74 Å². The van der Waals surface area contributed by atoms with Gasteiger partial charge in [-0.1, -0.05) is 18.2 Å². The lowest BCUT2D eigenvalue weighted by atomic mass is 9.83. The number of Topliss-reactive ketones (excluding diaryl/α,β-unsaturated/α-hetero) is 2. The average Bonchev–Trinajstić information content (AvgIpc) is 2.35. The Hall–Kier alpha value is -1.97. The van der Waals surface area contributed by atoms with Crippen molar-refractivity contribution in [1.82, 2.24) is 0 Å². The van der Waals surface area contributed by atoms with Gasteiger partial charge in [-0.2, -0.15) is 0 Å². The zero-order chi connectivity index (χ0) is 12.3. The van der Waals surface area contributed by atoms with Gasteiger partial charge >= 0.3 is 0 Å². The van der Waals surface area contributed by atoms with Gasteiger partial charge in [0.15, 0.2) is 17.9 Å². The van der Waals surface area contributed by atoms with Crippen LogP contribution < -0.4 is 4.74 Å². The molecule has 1 aliphatic carbocycles. The third-order valence-corrected chi connectivity index (χ3v) is 2.82. The van der Waals surface area contributed by atoms with E-state index in [1.54, 1.807) is 30.3 Å². The van der Waals surface area contributed by atoms with Gasteiger partial charge in [0, 0.05) is 12.8 Å². The highest BCUT2D eigenvalue weighted by Gasteiger charge is 2.49. The Morgan fingerprint density at radius 3 is 2.18 bits per heavy atom. The van der Waals surface area contributed by atoms with Crippen LogP contribution in [0, 0.1) is 0 Å². The van der Waals surface area contributed by atoms with Crippen LogP contribution in [0.25, 0.3) is 0 Å².